The molecule has 8 heteroatoms. The van der Waals surface area contributed by atoms with Gasteiger partial charge in [-0.3, -0.25) is 9.69 Å². The third-order valence-electron chi connectivity index (χ3n) is 5.61. The average molecular weight is 393 g/mol. The van der Waals surface area contributed by atoms with Gasteiger partial charge in [0.25, 0.3) is 0 Å². The van der Waals surface area contributed by atoms with Gasteiger partial charge in [0, 0.05) is 37.6 Å². The van der Waals surface area contributed by atoms with E-state index in [0.717, 1.165) is 24.8 Å². The van der Waals surface area contributed by atoms with Crippen LogP contribution in [0.15, 0.2) is 24.3 Å². The number of benzene rings is 1. The number of ether oxygens (including phenoxy) is 1. The van der Waals surface area contributed by atoms with Gasteiger partial charge in [0.15, 0.2) is 0 Å². The monoisotopic (exact) mass is 392 g/mol. The van der Waals surface area contributed by atoms with Gasteiger partial charge in [0.05, 0.1) is 6.54 Å². The number of nitrogens with two attached hydrogens (primary N) is 1. The van der Waals surface area contributed by atoms with Crippen LogP contribution < -0.4 is 5.73 Å². The number of likely N-dealkylation sites (tertiary alicyclic amines) is 1. The van der Waals surface area contributed by atoms with E-state index in [1.54, 1.807) is 25.3 Å². The Hall–Kier alpha value is -1.31. The van der Waals surface area contributed by atoms with Gasteiger partial charge in [-0.1, -0.05) is 18.6 Å². The van der Waals surface area contributed by atoms with E-state index >= 15 is 0 Å². The van der Waals surface area contributed by atoms with Gasteiger partial charge in [0.1, 0.15) is 5.60 Å². The molecule has 3 atom stereocenters. The Morgan fingerprint density at radius 3 is 2.42 bits per heavy atom. The van der Waals surface area contributed by atoms with Crippen LogP contribution in [0.4, 0.5) is 13.2 Å². The lowest BCUT2D eigenvalue weighted by Crippen LogP contribution is -2.60. The molecular weight excluding hydrogens is 369 g/mol. The molecule has 0 spiro atoms. The molecule has 1 amide bonds. The van der Waals surface area contributed by atoms with E-state index in [-0.39, 0.29) is 24.2 Å². The highest BCUT2D eigenvalue weighted by Gasteiger charge is 2.54. The fourth-order valence-electron chi connectivity index (χ4n) is 4.75. The summed E-state index contributed by atoms with van der Waals surface area (Å²) < 4.78 is 44.5. The van der Waals surface area contributed by atoms with E-state index in [1.165, 1.54) is 4.90 Å². The van der Waals surface area contributed by atoms with Crippen molar-refractivity contribution in [1.29, 1.82) is 0 Å². The van der Waals surface area contributed by atoms with Gasteiger partial charge in [-0.2, -0.15) is 13.2 Å². The van der Waals surface area contributed by atoms with Crippen LogP contribution in [0.25, 0.3) is 0 Å². The second-order valence-corrected chi connectivity index (χ2v) is 7.08. The largest absolute Gasteiger partial charge is 0.401 e. The van der Waals surface area contributed by atoms with Crippen molar-refractivity contribution >= 4 is 18.3 Å². The summed E-state index contributed by atoms with van der Waals surface area (Å²) in [6.07, 6.45) is -1.61. The summed E-state index contributed by atoms with van der Waals surface area (Å²) >= 11 is 0. The molecule has 146 valence electrons. The summed E-state index contributed by atoms with van der Waals surface area (Å²) in [5.74, 6) is -0.612. The van der Waals surface area contributed by atoms with Crippen molar-refractivity contribution in [2.75, 3.05) is 26.7 Å². The molecule has 4 nitrogen and oxygen atoms in total. The molecule has 2 aliphatic rings. The predicted octanol–water partition coefficient (Wildman–Crippen LogP) is 3.34. The molecule has 1 saturated heterocycles. The number of carbonyl (C=O) groups is 1. The lowest BCUT2D eigenvalue weighted by Gasteiger charge is -2.55. The van der Waals surface area contributed by atoms with Crippen LogP contribution in [0.2, 0.25) is 0 Å². The molecule has 2 N–H and O–H groups in total. The third-order valence-corrected chi connectivity index (χ3v) is 5.61. The zero-order chi connectivity index (χ0) is 18.2. The lowest BCUT2D eigenvalue weighted by atomic mass is 9.62. The lowest BCUT2D eigenvalue weighted by molar-refractivity contribution is -0.197. The van der Waals surface area contributed by atoms with Gasteiger partial charge in [-0.05, 0) is 30.5 Å². The van der Waals surface area contributed by atoms with Crippen LogP contribution in [0.3, 0.4) is 0 Å². The summed E-state index contributed by atoms with van der Waals surface area (Å²) in [6, 6.07) is 7.02. The Morgan fingerprint density at radius 1 is 1.31 bits per heavy atom. The zero-order valence-electron chi connectivity index (χ0n) is 14.6. The maximum Gasteiger partial charge on any atom is 0.401 e. The molecule has 1 aromatic rings. The maximum atomic E-state index is 12.8. The van der Waals surface area contributed by atoms with E-state index in [0.29, 0.717) is 18.7 Å². The summed E-state index contributed by atoms with van der Waals surface area (Å²) in [4.78, 5) is 13.0. The fourth-order valence-corrected chi connectivity index (χ4v) is 4.75. The van der Waals surface area contributed by atoms with Gasteiger partial charge in [0.2, 0.25) is 5.91 Å². The molecule has 0 unspecified atom stereocenters. The number of carbonyl (C=O) groups excluding carboxylic acids is 1. The van der Waals surface area contributed by atoms with Crippen molar-refractivity contribution in [3.05, 3.63) is 35.4 Å². The second-order valence-electron chi connectivity index (χ2n) is 7.08. The Morgan fingerprint density at radius 2 is 1.92 bits per heavy atom. The van der Waals surface area contributed by atoms with Crippen LogP contribution in [-0.4, -0.2) is 43.7 Å². The molecule has 2 fully saturated rings. The molecule has 1 saturated carbocycles. The van der Waals surface area contributed by atoms with Gasteiger partial charge < -0.3 is 10.5 Å². The zero-order valence-corrected chi connectivity index (χ0v) is 15.4. The van der Waals surface area contributed by atoms with E-state index in [2.05, 4.69) is 0 Å². The van der Waals surface area contributed by atoms with E-state index in [9.17, 15) is 18.0 Å². The van der Waals surface area contributed by atoms with Crippen molar-refractivity contribution in [1.82, 2.24) is 4.90 Å². The Kier molecular flexibility index (Phi) is 6.25. The number of amides is 1. The first-order valence-electron chi connectivity index (χ1n) is 8.51. The molecule has 1 aliphatic heterocycles. The summed E-state index contributed by atoms with van der Waals surface area (Å²) in [6.45, 7) is -0.212. The molecule has 2 bridgehead atoms. The molecular formula is C18H24ClF3N2O2. The summed E-state index contributed by atoms with van der Waals surface area (Å²) in [5, 5.41) is 0. The normalized spacial score (nSPS) is 29.1. The molecule has 3 rings (SSSR count). The molecule has 1 aromatic carbocycles. The number of primary amides is 1. The van der Waals surface area contributed by atoms with Crippen molar-refractivity contribution in [2.45, 2.75) is 31.0 Å². The van der Waals surface area contributed by atoms with Crippen LogP contribution in [0, 0.1) is 11.8 Å². The summed E-state index contributed by atoms with van der Waals surface area (Å²) in [5.41, 5.74) is 5.96. The Bertz CT molecular complexity index is 640. The van der Waals surface area contributed by atoms with Crippen molar-refractivity contribution in [3.8, 4) is 0 Å². The number of nitrogens with zero attached hydrogens (tertiary/aromatic N) is 1. The number of rotatable bonds is 4. The quantitative estimate of drug-likeness (QED) is 0.855. The highest BCUT2D eigenvalue weighted by Crippen LogP contribution is 2.51. The standard InChI is InChI=1S/C18H23F3N2O2.ClH/c1-25-18(13-5-2-4-12(8-13)16(22)24)14-6-3-7-15(18)10-23(9-14)11-17(19,20)21;/h2,4-5,8,14-15H,3,6-7,9-11H2,1H3,(H2,22,24);1H/t14-,15+,18+;. The first-order valence-corrected chi connectivity index (χ1v) is 8.51. The molecule has 0 aromatic heterocycles. The van der Waals surface area contributed by atoms with Crippen molar-refractivity contribution < 1.29 is 22.7 Å². The smallest absolute Gasteiger partial charge is 0.373 e. The molecule has 0 radical (unpaired) electrons. The van der Waals surface area contributed by atoms with Crippen LogP contribution in [0.5, 0.6) is 0 Å². The van der Waals surface area contributed by atoms with Crippen LogP contribution in [-0.2, 0) is 10.3 Å². The van der Waals surface area contributed by atoms with E-state index < -0.39 is 24.2 Å². The number of fused-ring (bicyclic) bond motifs is 2. The van der Waals surface area contributed by atoms with Crippen LogP contribution >= 0.6 is 12.4 Å². The van der Waals surface area contributed by atoms with Gasteiger partial charge in [-0.15, -0.1) is 12.4 Å². The molecule has 1 aliphatic carbocycles. The maximum absolute atomic E-state index is 12.8. The number of piperidine rings is 1. The van der Waals surface area contributed by atoms with Gasteiger partial charge >= 0.3 is 6.18 Å². The Labute approximate surface area is 157 Å². The highest BCUT2D eigenvalue weighted by molar-refractivity contribution is 5.92. The number of hydrogen-bond donors (Lipinski definition) is 1. The average Bonchev–Trinajstić information content (AvgIpc) is 2.52. The predicted molar refractivity (Wildman–Crippen MR) is 94.2 cm³/mol. The molecule has 1 heterocycles. The number of halogens is 4. The van der Waals surface area contributed by atoms with Crippen LogP contribution in [0.1, 0.15) is 35.2 Å². The fraction of sp³-hybridized carbons (Fsp3) is 0.611. The minimum atomic E-state index is -4.20. The van der Waals surface area contributed by atoms with E-state index in [4.69, 9.17) is 10.5 Å². The number of methoxy groups -OCH3 is 1. The first kappa shape index (κ1) is 21.0. The minimum absolute atomic E-state index is 0. The van der Waals surface area contributed by atoms with Crippen molar-refractivity contribution in [3.63, 3.8) is 0 Å². The van der Waals surface area contributed by atoms with E-state index in [1.807, 2.05) is 6.07 Å². The topological polar surface area (TPSA) is 55.6 Å². The van der Waals surface area contributed by atoms with Gasteiger partial charge in [-0.25, -0.2) is 0 Å². The third kappa shape index (κ3) is 3.85. The SMILES string of the molecule is CO[C@@]1(c2cccc(C(N)=O)c2)[C@@H]2CCC[C@H]1CN(CC(F)(F)F)C2.Cl. The number of alkyl halides is 3. The highest BCUT2D eigenvalue weighted by atomic mass is 35.5. The number of hydrogen-bond acceptors (Lipinski definition) is 3. The van der Waals surface area contributed by atoms with Crippen molar-refractivity contribution in [2.24, 2.45) is 17.6 Å². The Balaban J connectivity index is 0.00000243. The first-order chi connectivity index (χ1) is 11.8. The molecule has 26 heavy (non-hydrogen) atoms. The summed E-state index contributed by atoms with van der Waals surface area (Å²) in [7, 11) is 1.61. The minimum Gasteiger partial charge on any atom is -0.373 e. The second kappa shape index (κ2) is 7.74.